The van der Waals surface area contributed by atoms with E-state index in [0.29, 0.717) is 48.1 Å². The highest BCUT2D eigenvalue weighted by Gasteiger charge is 2.42. The average Bonchev–Trinajstić information content (AvgIpc) is 3.61. The van der Waals surface area contributed by atoms with Gasteiger partial charge in [0.2, 0.25) is 0 Å². The van der Waals surface area contributed by atoms with Crippen LogP contribution in [0.1, 0.15) is 29.4 Å². The highest BCUT2D eigenvalue weighted by molar-refractivity contribution is 7.89. The number of amides is 1. The van der Waals surface area contributed by atoms with Gasteiger partial charge in [0.15, 0.2) is 5.03 Å². The van der Waals surface area contributed by atoms with Crippen molar-refractivity contribution in [3.8, 4) is 5.75 Å². The lowest BCUT2D eigenvalue weighted by molar-refractivity contribution is 0.0321. The predicted molar refractivity (Wildman–Crippen MR) is 128 cm³/mol. The molecule has 2 atom stereocenters. The Morgan fingerprint density at radius 3 is 2.94 bits per heavy atom. The molecule has 192 valence electrons. The number of aryl methyl sites for hydroxylation is 2. The van der Waals surface area contributed by atoms with Gasteiger partial charge < -0.3 is 14.8 Å². The van der Waals surface area contributed by atoms with Gasteiger partial charge in [-0.2, -0.15) is 9.40 Å². The number of sulfonamides is 1. The second kappa shape index (κ2) is 10.2. The van der Waals surface area contributed by atoms with E-state index in [1.807, 2.05) is 6.92 Å². The lowest BCUT2D eigenvalue weighted by Crippen LogP contribution is -2.44. The molecule has 2 aliphatic rings. The summed E-state index contributed by atoms with van der Waals surface area (Å²) in [6.07, 6.45) is 3.27. The predicted octanol–water partition coefficient (Wildman–Crippen LogP) is 1.32. The minimum atomic E-state index is -3.86. The quantitative estimate of drug-likeness (QED) is 0.531. The van der Waals surface area contributed by atoms with E-state index in [0.717, 1.165) is 0 Å². The third-order valence-electron chi connectivity index (χ3n) is 6.14. The number of nitrogens with one attached hydrogen (secondary N) is 1. The van der Waals surface area contributed by atoms with Crippen molar-refractivity contribution in [2.45, 2.75) is 50.2 Å². The molecule has 0 aliphatic carbocycles. The molecular weight excluding hydrogens is 510 g/mol. The first-order chi connectivity index (χ1) is 17.3. The molecule has 4 heterocycles. The van der Waals surface area contributed by atoms with Gasteiger partial charge in [-0.15, -0.1) is 5.10 Å². The normalized spacial score (nSPS) is 21.6. The SMILES string of the molecule is CCn1nccc1S(=O)(=O)N1C[C@@H]2NC(=O)c3ccc(Cl)c(c3)OCCCn3cc(nn3)CO[C@H]2C1. The second-order valence-corrected chi connectivity index (χ2v) is 10.8. The first-order valence-corrected chi connectivity index (χ1v) is 13.4. The van der Waals surface area contributed by atoms with Gasteiger partial charge in [0, 0.05) is 38.2 Å². The molecule has 1 aromatic carbocycles. The first-order valence-electron chi connectivity index (χ1n) is 11.6. The van der Waals surface area contributed by atoms with Crippen LogP contribution in [-0.4, -0.2) is 75.2 Å². The molecule has 0 radical (unpaired) electrons. The van der Waals surface area contributed by atoms with Gasteiger partial charge in [-0.25, -0.2) is 8.42 Å². The maximum absolute atomic E-state index is 13.4. The Morgan fingerprint density at radius 1 is 1.25 bits per heavy atom. The van der Waals surface area contributed by atoms with E-state index in [1.54, 1.807) is 29.1 Å². The van der Waals surface area contributed by atoms with Crippen LogP contribution in [0.2, 0.25) is 5.02 Å². The third kappa shape index (κ3) is 4.96. The fourth-order valence-corrected chi connectivity index (χ4v) is 6.09. The molecule has 0 saturated carbocycles. The molecule has 0 spiro atoms. The lowest BCUT2D eigenvalue weighted by atomic mass is 10.1. The Morgan fingerprint density at radius 2 is 2.11 bits per heavy atom. The van der Waals surface area contributed by atoms with E-state index >= 15 is 0 Å². The second-order valence-electron chi connectivity index (χ2n) is 8.56. The summed E-state index contributed by atoms with van der Waals surface area (Å²) < 4.78 is 43.1. The van der Waals surface area contributed by atoms with Gasteiger partial charge in [0.05, 0.1) is 42.8 Å². The summed E-state index contributed by atoms with van der Waals surface area (Å²) in [5.74, 6) is 0.0120. The average molecular weight is 536 g/mol. The highest BCUT2D eigenvalue weighted by Crippen LogP contribution is 2.27. The zero-order valence-electron chi connectivity index (χ0n) is 19.6. The topological polar surface area (TPSA) is 133 Å². The molecule has 12 nitrogen and oxygen atoms in total. The van der Waals surface area contributed by atoms with Gasteiger partial charge in [-0.3, -0.25) is 14.2 Å². The van der Waals surface area contributed by atoms with Crippen LogP contribution in [0.25, 0.3) is 0 Å². The Labute approximate surface area is 213 Å². The molecule has 0 unspecified atom stereocenters. The summed E-state index contributed by atoms with van der Waals surface area (Å²) in [5.41, 5.74) is 0.953. The van der Waals surface area contributed by atoms with Crippen LogP contribution in [0.5, 0.6) is 5.75 Å². The molecule has 3 aromatic rings. The number of carbonyl (C=O) groups excluding carboxylic acids is 1. The number of hydrogen-bond donors (Lipinski definition) is 1. The van der Waals surface area contributed by atoms with E-state index in [1.165, 1.54) is 21.3 Å². The van der Waals surface area contributed by atoms with Crippen molar-refractivity contribution >= 4 is 27.5 Å². The maximum atomic E-state index is 13.4. The van der Waals surface area contributed by atoms with E-state index in [9.17, 15) is 13.2 Å². The van der Waals surface area contributed by atoms with Gasteiger partial charge >= 0.3 is 0 Å². The van der Waals surface area contributed by atoms with E-state index < -0.39 is 22.2 Å². The Kier molecular flexibility index (Phi) is 6.97. The number of benzene rings is 1. The van der Waals surface area contributed by atoms with Crippen LogP contribution in [0.4, 0.5) is 0 Å². The van der Waals surface area contributed by atoms with Crippen LogP contribution >= 0.6 is 11.6 Å². The first kappa shape index (κ1) is 24.7. The van der Waals surface area contributed by atoms with E-state index in [2.05, 4.69) is 20.7 Å². The molecule has 1 amide bonds. The Hall–Kier alpha value is -3.00. The fourth-order valence-electron chi connectivity index (χ4n) is 4.27. The summed E-state index contributed by atoms with van der Waals surface area (Å²) in [6, 6.07) is 5.64. The molecule has 1 fully saturated rings. The minimum absolute atomic E-state index is 0.0390. The standard InChI is InChI=1S/C22H26ClN7O5S/c1-2-30-21(6-7-24-30)36(32,33)29-12-18-20(13-29)35-14-16-11-28(27-26-16)8-3-9-34-19-10-15(22(31)25-18)4-5-17(19)23/h4-7,10-11,18,20H,2-3,8-9,12-14H2,1H3,(H,25,31)/t18-,20-/m0/s1. The molecule has 1 saturated heterocycles. The molecule has 2 aliphatic heterocycles. The Bertz CT molecular complexity index is 1360. The van der Waals surface area contributed by atoms with Crippen molar-refractivity contribution in [2.75, 3.05) is 19.7 Å². The van der Waals surface area contributed by atoms with Gasteiger partial charge in [0.25, 0.3) is 15.9 Å². The van der Waals surface area contributed by atoms with E-state index in [-0.39, 0.29) is 30.6 Å². The number of rotatable bonds is 3. The minimum Gasteiger partial charge on any atom is -0.492 e. The van der Waals surface area contributed by atoms with Crippen LogP contribution < -0.4 is 10.1 Å². The van der Waals surface area contributed by atoms with Crippen LogP contribution in [0.3, 0.4) is 0 Å². The number of hydrogen-bond acceptors (Lipinski definition) is 8. The third-order valence-corrected chi connectivity index (χ3v) is 8.31. The monoisotopic (exact) mass is 535 g/mol. The van der Waals surface area contributed by atoms with Gasteiger partial charge in [-0.05, 0) is 31.2 Å². The Balaban J connectivity index is 1.44. The smallest absolute Gasteiger partial charge is 0.260 e. The molecule has 14 heteroatoms. The number of fused-ring (bicyclic) bond motifs is 5. The molecule has 1 N–H and O–H groups in total. The summed E-state index contributed by atoms with van der Waals surface area (Å²) >= 11 is 6.26. The van der Waals surface area contributed by atoms with Crippen molar-refractivity contribution in [2.24, 2.45) is 0 Å². The number of ether oxygens (including phenoxy) is 2. The molecule has 4 bridgehead atoms. The highest BCUT2D eigenvalue weighted by atomic mass is 35.5. The lowest BCUT2D eigenvalue weighted by Gasteiger charge is -2.20. The number of halogens is 1. The molecular formula is C22H26ClN7O5S. The molecule has 2 aromatic heterocycles. The summed E-state index contributed by atoms with van der Waals surface area (Å²) in [4.78, 5) is 13.1. The molecule has 5 rings (SSSR count). The molecule has 36 heavy (non-hydrogen) atoms. The van der Waals surface area contributed by atoms with Gasteiger partial charge in [-0.1, -0.05) is 16.8 Å². The summed E-state index contributed by atoms with van der Waals surface area (Å²) in [6.45, 7) is 3.41. The van der Waals surface area contributed by atoms with E-state index in [4.69, 9.17) is 21.1 Å². The van der Waals surface area contributed by atoms with Crippen LogP contribution in [0, 0.1) is 0 Å². The van der Waals surface area contributed by atoms with Gasteiger partial charge in [0.1, 0.15) is 11.4 Å². The van der Waals surface area contributed by atoms with Crippen molar-refractivity contribution in [3.05, 3.63) is 52.9 Å². The summed E-state index contributed by atoms with van der Waals surface area (Å²) in [5, 5.41) is 15.7. The van der Waals surface area contributed by atoms with Crippen molar-refractivity contribution < 1.29 is 22.7 Å². The summed E-state index contributed by atoms with van der Waals surface area (Å²) in [7, 11) is -3.86. The van der Waals surface area contributed by atoms with Crippen molar-refractivity contribution in [1.82, 2.24) is 34.4 Å². The number of nitrogens with zero attached hydrogens (tertiary/aromatic N) is 6. The largest absolute Gasteiger partial charge is 0.492 e. The fraction of sp³-hybridized carbons (Fsp3) is 0.455. The van der Waals surface area contributed by atoms with Crippen molar-refractivity contribution in [3.63, 3.8) is 0 Å². The number of carbonyl (C=O) groups is 1. The van der Waals surface area contributed by atoms with Crippen LogP contribution in [0.15, 0.2) is 41.7 Å². The van der Waals surface area contributed by atoms with Crippen molar-refractivity contribution in [1.29, 1.82) is 0 Å². The zero-order chi connectivity index (χ0) is 25.3. The maximum Gasteiger partial charge on any atom is 0.260 e. The number of aromatic nitrogens is 5. The zero-order valence-corrected chi connectivity index (χ0v) is 21.2. The van der Waals surface area contributed by atoms with Crippen LogP contribution in [-0.2, 0) is 34.5 Å².